The number of benzene rings is 2. The Bertz CT molecular complexity index is 1020. The molecule has 1 heterocycles. The second-order valence-electron chi connectivity index (χ2n) is 5.84. The summed E-state index contributed by atoms with van der Waals surface area (Å²) < 4.78 is 17.8. The maximum atomic E-state index is 13.0. The van der Waals surface area contributed by atoms with Crippen LogP contribution >= 0.6 is 34.8 Å². The molecular weight excluding hydrogens is 450 g/mol. The number of ether oxygens (including phenoxy) is 1. The minimum atomic E-state index is -0.989. The van der Waals surface area contributed by atoms with Crippen LogP contribution in [0, 0.1) is 5.82 Å². The number of hydrogen-bond donors (Lipinski definition) is 1. The zero-order chi connectivity index (χ0) is 21.3. The molecule has 0 aromatic heterocycles. The second-order valence-corrected chi connectivity index (χ2v) is 7.06. The molecule has 1 N–H and O–H groups in total. The molecule has 0 aliphatic carbocycles. The highest BCUT2D eigenvalue weighted by molar-refractivity contribution is 6.43. The second kappa shape index (κ2) is 8.36. The number of anilines is 1. The van der Waals surface area contributed by atoms with Crippen molar-refractivity contribution in [3.8, 4) is 0 Å². The maximum absolute atomic E-state index is 13.0. The number of imide groups is 1. The Labute approximate surface area is 178 Å². The van der Waals surface area contributed by atoms with Gasteiger partial charge < -0.3 is 10.1 Å². The number of carbonyl (C=O) groups is 4. The highest BCUT2D eigenvalue weighted by Gasteiger charge is 2.37. The molecule has 0 saturated heterocycles. The largest absolute Gasteiger partial charge is 0.454 e. The lowest BCUT2D eigenvalue weighted by atomic mass is 10.1. The van der Waals surface area contributed by atoms with E-state index in [0.717, 1.165) is 12.1 Å². The summed E-state index contributed by atoms with van der Waals surface area (Å²) in [6.45, 7) is -1.40. The highest BCUT2D eigenvalue weighted by atomic mass is 35.5. The fourth-order valence-electron chi connectivity index (χ4n) is 2.53. The standard InChI is InChI=1S/C18H10Cl3FN2O5/c19-11-4-9-10(5-12(11)20)18(28)24(17(9)27)6-16(26)29-7-15(25)23-14-2-1-8(22)3-13(14)21/h1-5H,6-7H2,(H,23,25). The third kappa shape index (κ3) is 4.50. The number of fused-ring (bicyclic) bond motifs is 1. The van der Waals surface area contributed by atoms with Crippen LogP contribution in [-0.4, -0.2) is 41.7 Å². The molecule has 0 spiro atoms. The van der Waals surface area contributed by atoms with Crippen molar-refractivity contribution < 1.29 is 28.3 Å². The number of nitrogens with zero attached hydrogens (tertiary/aromatic N) is 1. The summed E-state index contributed by atoms with van der Waals surface area (Å²) in [6.07, 6.45) is 0. The van der Waals surface area contributed by atoms with Crippen LogP contribution in [0.5, 0.6) is 0 Å². The van der Waals surface area contributed by atoms with Crippen LogP contribution in [0.3, 0.4) is 0 Å². The molecule has 2 aromatic carbocycles. The Morgan fingerprint density at radius 3 is 2.10 bits per heavy atom. The summed E-state index contributed by atoms with van der Waals surface area (Å²) in [6, 6.07) is 5.82. The minimum Gasteiger partial charge on any atom is -0.454 e. The number of rotatable bonds is 5. The van der Waals surface area contributed by atoms with Gasteiger partial charge in [0, 0.05) is 0 Å². The smallest absolute Gasteiger partial charge is 0.326 e. The van der Waals surface area contributed by atoms with Gasteiger partial charge in [0.25, 0.3) is 17.7 Å². The van der Waals surface area contributed by atoms with Crippen molar-refractivity contribution in [1.29, 1.82) is 0 Å². The van der Waals surface area contributed by atoms with Gasteiger partial charge in [0.15, 0.2) is 6.61 Å². The van der Waals surface area contributed by atoms with Crippen molar-refractivity contribution in [1.82, 2.24) is 4.90 Å². The van der Waals surface area contributed by atoms with Gasteiger partial charge in [0.2, 0.25) is 0 Å². The topological polar surface area (TPSA) is 92.8 Å². The van der Waals surface area contributed by atoms with Crippen LogP contribution in [0.15, 0.2) is 30.3 Å². The van der Waals surface area contributed by atoms with Crippen molar-refractivity contribution in [3.05, 3.63) is 62.3 Å². The van der Waals surface area contributed by atoms with Gasteiger partial charge in [-0.15, -0.1) is 0 Å². The van der Waals surface area contributed by atoms with Gasteiger partial charge in [-0.1, -0.05) is 34.8 Å². The van der Waals surface area contributed by atoms with Crippen LogP contribution < -0.4 is 5.32 Å². The normalized spacial score (nSPS) is 12.8. The van der Waals surface area contributed by atoms with E-state index in [-0.39, 0.29) is 31.9 Å². The molecular formula is C18H10Cl3FN2O5. The van der Waals surface area contributed by atoms with Crippen molar-refractivity contribution in [2.75, 3.05) is 18.5 Å². The lowest BCUT2D eigenvalue weighted by Crippen LogP contribution is -2.36. The molecule has 1 aliphatic rings. The van der Waals surface area contributed by atoms with E-state index in [0.29, 0.717) is 4.90 Å². The van der Waals surface area contributed by atoms with Crippen molar-refractivity contribution >= 4 is 64.2 Å². The lowest BCUT2D eigenvalue weighted by molar-refractivity contribution is -0.147. The summed E-state index contributed by atoms with van der Waals surface area (Å²) in [5, 5.41) is 2.48. The van der Waals surface area contributed by atoms with Crippen LogP contribution in [-0.2, 0) is 14.3 Å². The molecule has 29 heavy (non-hydrogen) atoms. The van der Waals surface area contributed by atoms with Crippen LogP contribution in [0.1, 0.15) is 20.7 Å². The van der Waals surface area contributed by atoms with Crippen molar-refractivity contribution in [2.45, 2.75) is 0 Å². The quantitative estimate of drug-likeness (QED) is 0.545. The monoisotopic (exact) mass is 458 g/mol. The average molecular weight is 460 g/mol. The molecule has 1 aliphatic heterocycles. The van der Waals surface area contributed by atoms with Gasteiger partial charge in [-0.3, -0.25) is 24.1 Å². The van der Waals surface area contributed by atoms with E-state index in [4.69, 9.17) is 39.5 Å². The minimum absolute atomic E-state index is 0.0147. The molecule has 3 rings (SSSR count). The zero-order valence-corrected chi connectivity index (χ0v) is 16.6. The molecule has 0 atom stereocenters. The van der Waals surface area contributed by atoms with Gasteiger partial charge >= 0.3 is 5.97 Å². The molecule has 2 aromatic rings. The maximum Gasteiger partial charge on any atom is 0.326 e. The molecule has 0 fully saturated rings. The Balaban J connectivity index is 1.58. The first-order valence-electron chi connectivity index (χ1n) is 7.93. The zero-order valence-electron chi connectivity index (χ0n) is 14.3. The summed E-state index contributed by atoms with van der Waals surface area (Å²) >= 11 is 17.5. The summed E-state index contributed by atoms with van der Waals surface area (Å²) in [5.41, 5.74) is 0.157. The Kier molecular flexibility index (Phi) is 6.07. The molecule has 0 unspecified atom stereocenters. The molecule has 11 heteroatoms. The molecule has 0 bridgehead atoms. The summed E-state index contributed by atoms with van der Waals surface area (Å²) in [5.74, 6) is -3.78. The van der Waals surface area contributed by atoms with Gasteiger partial charge in [-0.2, -0.15) is 0 Å². The highest BCUT2D eigenvalue weighted by Crippen LogP contribution is 2.31. The Morgan fingerprint density at radius 1 is 0.966 bits per heavy atom. The van der Waals surface area contributed by atoms with Gasteiger partial charge in [0.1, 0.15) is 12.4 Å². The molecule has 150 valence electrons. The number of halogens is 4. The molecule has 0 saturated carbocycles. The van der Waals surface area contributed by atoms with Gasteiger partial charge in [-0.05, 0) is 30.3 Å². The molecule has 7 nitrogen and oxygen atoms in total. The van der Waals surface area contributed by atoms with Crippen LogP contribution in [0.4, 0.5) is 10.1 Å². The third-order valence-electron chi connectivity index (χ3n) is 3.87. The number of nitrogens with one attached hydrogen (secondary N) is 1. The number of esters is 1. The van der Waals surface area contributed by atoms with E-state index in [1.54, 1.807) is 0 Å². The predicted molar refractivity (Wildman–Crippen MR) is 103 cm³/mol. The van der Waals surface area contributed by atoms with Crippen LogP contribution in [0.25, 0.3) is 0 Å². The average Bonchev–Trinajstić information content (AvgIpc) is 2.87. The first kappa shape index (κ1) is 21.0. The van der Waals surface area contributed by atoms with E-state index in [1.165, 1.54) is 18.2 Å². The van der Waals surface area contributed by atoms with Gasteiger partial charge in [0.05, 0.1) is 31.9 Å². The van der Waals surface area contributed by atoms with E-state index < -0.39 is 42.7 Å². The van der Waals surface area contributed by atoms with E-state index in [9.17, 15) is 23.6 Å². The predicted octanol–water partition coefficient (Wildman–Crippen LogP) is 3.56. The van der Waals surface area contributed by atoms with E-state index in [1.807, 2.05) is 0 Å². The first-order chi connectivity index (χ1) is 13.7. The lowest BCUT2D eigenvalue weighted by Gasteiger charge is -2.13. The van der Waals surface area contributed by atoms with E-state index >= 15 is 0 Å². The Morgan fingerprint density at radius 2 is 1.55 bits per heavy atom. The van der Waals surface area contributed by atoms with Crippen molar-refractivity contribution in [3.63, 3.8) is 0 Å². The fraction of sp³-hybridized carbons (Fsp3) is 0.111. The Hall–Kier alpha value is -2.68. The number of amides is 3. The van der Waals surface area contributed by atoms with Crippen LogP contribution in [0.2, 0.25) is 15.1 Å². The van der Waals surface area contributed by atoms with Gasteiger partial charge in [-0.25, -0.2) is 4.39 Å². The number of carbonyl (C=O) groups excluding carboxylic acids is 4. The first-order valence-corrected chi connectivity index (χ1v) is 9.06. The third-order valence-corrected chi connectivity index (χ3v) is 4.90. The van der Waals surface area contributed by atoms with E-state index in [2.05, 4.69) is 5.32 Å². The summed E-state index contributed by atoms with van der Waals surface area (Å²) in [7, 11) is 0. The van der Waals surface area contributed by atoms with Crippen molar-refractivity contribution in [2.24, 2.45) is 0 Å². The molecule has 0 radical (unpaired) electrons. The summed E-state index contributed by atoms with van der Waals surface area (Å²) in [4.78, 5) is 49.1. The number of hydrogen-bond acceptors (Lipinski definition) is 5. The molecule has 3 amide bonds. The SMILES string of the molecule is O=C(COC(=O)CN1C(=O)c2cc(Cl)c(Cl)cc2C1=O)Nc1ccc(F)cc1Cl. The fourth-order valence-corrected chi connectivity index (χ4v) is 3.07.